The van der Waals surface area contributed by atoms with Gasteiger partial charge in [0.15, 0.2) is 5.76 Å². The molecule has 0 saturated carbocycles. The van der Waals surface area contributed by atoms with Gasteiger partial charge in [-0.05, 0) is 44.8 Å². The molecule has 23 heavy (non-hydrogen) atoms. The van der Waals surface area contributed by atoms with Crippen LogP contribution in [-0.2, 0) is 9.53 Å². The lowest BCUT2D eigenvalue weighted by Gasteiger charge is -2.20. The van der Waals surface area contributed by atoms with Crippen LogP contribution in [0.15, 0.2) is 29.0 Å². The number of rotatable bonds is 2. The van der Waals surface area contributed by atoms with Crippen molar-refractivity contribution in [3.8, 4) is 5.75 Å². The number of carbonyl (C=O) groups excluding carboxylic acids is 1. The van der Waals surface area contributed by atoms with E-state index in [0.29, 0.717) is 6.04 Å². The standard InChI is InChI=1S/C16H18FN3O3/c1-19(2)12-5-6-20(9-12)16-18-15(22)14(23-16)8-10-7-11(17)3-4-13(10)21/h3-4,7-8,12,21H,5-6,9H2,1-2H3/b14-8-/t12-/m0/s1. The molecule has 0 spiro atoms. The summed E-state index contributed by atoms with van der Waals surface area (Å²) in [6, 6.07) is 4.15. The molecule has 7 heteroatoms. The zero-order valence-corrected chi connectivity index (χ0v) is 13.0. The molecule has 0 aromatic heterocycles. The van der Waals surface area contributed by atoms with E-state index < -0.39 is 11.7 Å². The van der Waals surface area contributed by atoms with Gasteiger partial charge in [0.1, 0.15) is 11.6 Å². The summed E-state index contributed by atoms with van der Waals surface area (Å²) in [6.45, 7) is 1.49. The zero-order chi connectivity index (χ0) is 16.6. The normalized spacial score (nSPS) is 22.9. The Bertz CT molecular complexity index is 700. The van der Waals surface area contributed by atoms with Gasteiger partial charge in [-0.3, -0.25) is 4.79 Å². The minimum atomic E-state index is -0.531. The van der Waals surface area contributed by atoms with E-state index in [0.717, 1.165) is 31.6 Å². The van der Waals surface area contributed by atoms with Crippen molar-refractivity contribution >= 4 is 18.0 Å². The van der Waals surface area contributed by atoms with Crippen molar-refractivity contribution in [2.75, 3.05) is 27.2 Å². The smallest absolute Gasteiger partial charge is 0.317 e. The fourth-order valence-electron chi connectivity index (χ4n) is 2.65. The number of nitrogens with zero attached hydrogens (tertiary/aromatic N) is 3. The lowest BCUT2D eigenvalue weighted by Crippen LogP contribution is -2.34. The monoisotopic (exact) mass is 319 g/mol. The summed E-state index contributed by atoms with van der Waals surface area (Å²) in [5.74, 6) is -1.18. The van der Waals surface area contributed by atoms with Crippen LogP contribution in [0.2, 0.25) is 0 Å². The van der Waals surface area contributed by atoms with E-state index in [9.17, 15) is 14.3 Å². The molecular weight excluding hydrogens is 301 g/mol. The Balaban J connectivity index is 1.75. The third kappa shape index (κ3) is 3.19. The number of benzene rings is 1. The molecule has 0 unspecified atom stereocenters. The molecule has 1 amide bonds. The van der Waals surface area contributed by atoms with Crippen molar-refractivity contribution < 1.29 is 19.0 Å². The second-order valence-electron chi connectivity index (χ2n) is 5.87. The summed E-state index contributed by atoms with van der Waals surface area (Å²) in [6.07, 6.45) is 2.27. The molecule has 0 bridgehead atoms. The summed E-state index contributed by atoms with van der Waals surface area (Å²) in [5, 5.41) is 9.72. The maximum atomic E-state index is 13.3. The predicted octanol–water partition coefficient (Wildman–Crippen LogP) is 1.42. The highest BCUT2D eigenvalue weighted by Gasteiger charge is 2.33. The van der Waals surface area contributed by atoms with Crippen molar-refractivity contribution in [2.24, 2.45) is 4.99 Å². The summed E-state index contributed by atoms with van der Waals surface area (Å²) in [4.78, 5) is 19.9. The van der Waals surface area contributed by atoms with Crippen molar-refractivity contribution in [2.45, 2.75) is 12.5 Å². The number of amides is 1. The summed E-state index contributed by atoms with van der Waals surface area (Å²) >= 11 is 0. The zero-order valence-electron chi connectivity index (χ0n) is 13.0. The molecule has 6 nitrogen and oxygen atoms in total. The van der Waals surface area contributed by atoms with Gasteiger partial charge in [0, 0.05) is 24.7 Å². The molecule has 2 aliphatic rings. The number of phenols is 1. The Kier molecular flexibility index (Phi) is 4.04. The topological polar surface area (TPSA) is 65.4 Å². The molecule has 1 saturated heterocycles. The van der Waals surface area contributed by atoms with Crippen molar-refractivity contribution in [3.05, 3.63) is 35.3 Å². The molecule has 1 N–H and O–H groups in total. The van der Waals surface area contributed by atoms with Gasteiger partial charge in [-0.2, -0.15) is 4.99 Å². The van der Waals surface area contributed by atoms with E-state index in [1.54, 1.807) is 0 Å². The SMILES string of the molecule is CN(C)[C@H]1CCN(C2=NC(=O)/C(=C/c3cc(F)ccc3O)O2)C1. The second kappa shape index (κ2) is 6.00. The molecule has 2 heterocycles. The lowest BCUT2D eigenvalue weighted by atomic mass is 10.1. The van der Waals surface area contributed by atoms with Crippen LogP contribution < -0.4 is 0 Å². The Labute approximate surface area is 133 Å². The van der Waals surface area contributed by atoms with Crippen molar-refractivity contribution in [3.63, 3.8) is 0 Å². The Hall–Kier alpha value is -2.41. The van der Waals surface area contributed by atoms with Gasteiger partial charge in [-0.1, -0.05) is 0 Å². The number of aliphatic imine (C=N–C) groups is 1. The first kappa shape index (κ1) is 15.5. The maximum absolute atomic E-state index is 13.3. The number of hydrogen-bond acceptors (Lipinski definition) is 5. The first-order chi connectivity index (χ1) is 10.9. The predicted molar refractivity (Wildman–Crippen MR) is 83.2 cm³/mol. The van der Waals surface area contributed by atoms with Gasteiger partial charge in [0.2, 0.25) is 0 Å². The highest BCUT2D eigenvalue weighted by molar-refractivity contribution is 6.08. The van der Waals surface area contributed by atoms with Crippen LogP contribution in [0, 0.1) is 5.82 Å². The fraction of sp³-hybridized carbons (Fsp3) is 0.375. The molecule has 1 fully saturated rings. The van der Waals surface area contributed by atoms with Gasteiger partial charge in [0.05, 0.1) is 0 Å². The summed E-state index contributed by atoms with van der Waals surface area (Å²) < 4.78 is 18.8. The number of ether oxygens (including phenoxy) is 1. The quantitative estimate of drug-likeness (QED) is 0.835. The third-order valence-electron chi connectivity index (χ3n) is 4.05. The van der Waals surface area contributed by atoms with Crippen molar-refractivity contribution in [1.29, 1.82) is 0 Å². The Morgan fingerprint density at radius 3 is 2.96 bits per heavy atom. The van der Waals surface area contributed by atoms with Crippen LogP contribution in [0.4, 0.5) is 4.39 Å². The van der Waals surface area contributed by atoms with E-state index in [1.807, 2.05) is 19.0 Å². The van der Waals surface area contributed by atoms with Crippen LogP contribution in [0.5, 0.6) is 5.75 Å². The minimum Gasteiger partial charge on any atom is -0.507 e. The Morgan fingerprint density at radius 1 is 1.48 bits per heavy atom. The summed E-state index contributed by atoms with van der Waals surface area (Å²) in [5.41, 5.74) is 0.178. The molecule has 2 aliphatic heterocycles. The molecule has 0 aliphatic carbocycles. The van der Waals surface area contributed by atoms with Gasteiger partial charge in [-0.25, -0.2) is 4.39 Å². The van der Waals surface area contributed by atoms with Gasteiger partial charge in [0.25, 0.3) is 0 Å². The number of likely N-dealkylation sites (tertiary alicyclic amines) is 1. The lowest BCUT2D eigenvalue weighted by molar-refractivity contribution is -0.115. The highest BCUT2D eigenvalue weighted by atomic mass is 19.1. The second-order valence-corrected chi connectivity index (χ2v) is 5.87. The first-order valence-electron chi connectivity index (χ1n) is 7.36. The molecule has 0 radical (unpaired) electrons. The van der Waals surface area contributed by atoms with E-state index >= 15 is 0 Å². The number of aromatic hydroxyl groups is 1. The molecule has 1 aromatic rings. The van der Waals surface area contributed by atoms with Crippen LogP contribution >= 0.6 is 0 Å². The van der Waals surface area contributed by atoms with E-state index in [2.05, 4.69) is 9.89 Å². The number of halogens is 1. The van der Waals surface area contributed by atoms with Crippen LogP contribution in [0.3, 0.4) is 0 Å². The van der Waals surface area contributed by atoms with Crippen LogP contribution in [-0.4, -0.2) is 60.1 Å². The minimum absolute atomic E-state index is 0.0193. The van der Waals surface area contributed by atoms with Gasteiger partial charge in [-0.15, -0.1) is 0 Å². The molecule has 1 atom stereocenters. The summed E-state index contributed by atoms with van der Waals surface area (Å²) in [7, 11) is 4.02. The molecule has 1 aromatic carbocycles. The number of carbonyl (C=O) groups is 1. The number of likely N-dealkylation sites (N-methyl/N-ethyl adjacent to an activating group) is 1. The number of phenolic OH excluding ortho intramolecular Hbond substituents is 1. The number of amidine groups is 1. The average Bonchev–Trinajstić information content (AvgIpc) is 3.10. The number of hydrogen-bond donors (Lipinski definition) is 1. The molecule has 3 rings (SSSR count). The van der Waals surface area contributed by atoms with Crippen LogP contribution in [0.1, 0.15) is 12.0 Å². The largest absolute Gasteiger partial charge is 0.507 e. The molecular formula is C16H18FN3O3. The maximum Gasteiger partial charge on any atom is 0.317 e. The van der Waals surface area contributed by atoms with Crippen molar-refractivity contribution in [1.82, 2.24) is 9.80 Å². The molecule has 122 valence electrons. The first-order valence-corrected chi connectivity index (χ1v) is 7.36. The van der Waals surface area contributed by atoms with E-state index in [-0.39, 0.29) is 23.1 Å². The van der Waals surface area contributed by atoms with E-state index in [4.69, 9.17) is 4.74 Å². The van der Waals surface area contributed by atoms with Crippen LogP contribution in [0.25, 0.3) is 6.08 Å². The third-order valence-corrected chi connectivity index (χ3v) is 4.05. The van der Waals surface area contributed by atoms with Gasteiger partial charge < -0.3 is 19.6 Å². The highest BCUT2D eigenvalue weighted by Crippen LogP contribution is 2.25. The fourth-order valence-corrected chi connectivity index (χ4v) is 2.65. The van der Waals surface area contributed by atoms with E-state index in [1.165, 1.54) is 12.1 Å². The Morgan fingerprint density at radius 2 is 2.26 bits per heavy atom. The average molecular weight is 319 g/mol. The van der Waals surface area contributed by atoms with Gasteiger partial charge >= 0.3 is 11.9 Å².